The highest BCUT2D eigenvalue weighted by Gasteiger charge is 2.42. The number of carbonyl (C=O) groups excluding carboxylic acids is 1. The van der Waals surface area contributed by atoms with Crippen LogP contribution in [0, 0.1) is 13.8 Å². The number of hydrogen-bond donors (Lipinski definition) is 2. The summed E-state index contributed by atoms with van der Waals surface area (Å²) in [5, 5.41) is 18.0. The molecule has 0 saturated heterocycles. The Bertz CT molecular complexity index is 1080. The van der Waals surface area contributed by atoms with Gasteiger partial charge in [0, 0.05) is 23.2 Å². The van der Waals surface area contributed by atoms with E-state index in [1.807, 2.05) is 42.6 Å². The lowest BCUT2D eigenvalue weighted by Gasteiger charge is -2.25. The Morgan fingerprint density at radius 1 is 1.21 bits per heavy atom. The summed E-state index contributed by atoms with van der Waals surface area (Å²) in [6.07, 6.45) is 3.39. The maximum Gasteiger partial charge on any atom is 0.329 e. The summed E-state index contributed by atoms with van der Waals surface area (Å²) >= 11 is 0. The Labute approximate surface area is 162 Å². The average Bonchev–Trinajstić information content (AvgIpc) is 3.27. The van der Waals surface area contributed by atoms with E-state index < -0.39 is 11.5 Å². The summed E-state index contributed by atoms with van der Waals surface area (Å²) in [5.41, 5.74) is 3.42. The van der Waals surface area contributed by atoms with Crippen molar-refractivity contribution in [3.8, 4) is 0 Å². The lowest BCUT2D eigenvalue weighted by molar-refractivity contribution is -0.147. The number of carboxylic acids is 1. The molecule has 1 amide bonds. The van der Waals surface area contributed by atoms with Gasteiger partial charge in [0.25, 0.3) is 0 Å². The summed E-state index contributed by atoms with van der Waals surface area (Å²) in [6, 6.07) is 7.88. The molecule has 0 bridgehead atoms. The van der Waals surface area contributed by atoms with Crippen molar-refractivity contribution < 1.29 is 14.7 Å². The lowest BCUT2D eigenvalue weighted by Crippen LogP contribution is -2.52. The van der Waals surface area contributed by atoms with Crippen LogP contribution in [-0.4, -0.2) is 37.1 Å². The summed E-state index contributed by atoms with van der Waals surface area (Å²) < 4.78 is 1.83. The molecule has 0 spiro atoms. The van der Waals surface area contributed by atoms with Crippen molar-refractivity contribution in [3.05, 3.63) is 41.2 Å². The van der Waals surface area contributed by atoms with Crippen LogP contribution in [0.2, 0.25) is 0 Å². The maximum atomic E-state index is 12.5. The van der Waals surface area contributed by atoms with Gasteiger partial charge < -0.3 is 10.4 Å². The third-order valence-corrected chi connectivity index (χ3v) is 5.87. The van der Waals surface area contributed by atoms with Crippen LogP contribution < -0.4 is 5.32 Å². The highest BCUT2D eigenvalue weighted by Crippen LogP contribution is 2.30. The van der Waals surface area contributed by atoms with Gasteiger partial charge in [-0.3, -0.25) is 4.79 Å². The van der Waals surface area contributed by atoms with Crippen LogP contribution in [0.25, 0.3) is 16.6 Å². The smallest absolute Gasteiger partial charge is 0.329 e. The fourth-order valence-corrected chi connectivity index (χ4v) is 4.28. The van der Waals surface area contributed by atoms with Gasteiger partial charge in [-0.05, 0) is 50.8 Å². The monoisotopic (exact) mass is 380 g/mol. The molecule has 146 valence electrons. The molecule has 1 aromatic carbocycles. The standard InChI is InChI=1S/C21H24N4O3/c1-13-15(9-10-18(26)23-21(20(27)28)11-5-6-12-21)14(2)25-19(22-13)16-7-3-4-8-17(16)24-25/h3-4,7-8H,5-6,9-12H2,1-2H3,(H,23,26)(H,27,28). The molecular weight excluding hydrogens is 356 g/mol. The molecule has 1 fully saturated rings. The quantitative estimate of drug-likeness (QED) is 0.709. The Morgan fingerprint density at radius 2 is 1.93 bits per heavy atom. The average molecular weight is 380 g/mol. The molecular formula is C21H24N4O3. The van der Waals surface area contributed by atoms with Gasteiger partial charge in [-0.2, -0.15) is 5.10 Å². The summed E-state index contributed by atoms with van der Waals surface area (Å²) in [6.45, 7) is 3.92. The lowest BCUT2D eigenvalue weighted by atomic mass is 9.97. The first-order valence-electron chi connectivity index (χ1n) is 9.69. The third-order valence-electron chi connectivity index (χ3n) is 5.87. The van der Waals surface area contributed by atoms with Crippen LogP contribution >= 0.6 is 0 Å². The van der Waals surface area contributed by atoms with Crippen molar-refractivity contribution in [2.75, 3.05) is 0 Å². The summed E-state index contributed by atoms with van der Waals surface area (Å²) in [4.78, 5) is 28.9. The number of hydrogen-bond acceptors (Lipinski definition) is 4. The minimum Gasteiger partial charge on any atom is -0.480 e. The number of aryl methyl sites for hydroxylation is 2. The minimum absolute atomic E-state index is 0.227. The van der Waals surface area contributed by atoms with Crippen LogP contribution in [-0.2, 0) is 16.0 Å². The second-order valence-corrected chi connectivity index (χ2v) is 7.66. The number of nitrogens with one attached hydrogen (secondary N) is 1. The molecule has 0 radical (unpaired) electrons. The first-order valence-corrected chi connectivity index (χ1v) is 9.69. The van der Waals surface area contributed by atoms with Crippen molar-refractivity contribution in [3.63, 3.8) is 0 Å². The molecule has 0 unspecified atom stereocenters. The largest absolute Gasteiger partial charge is 0.480 e. The molecule has 0 aliphatic heterocycles. The van der Waals surface area contributed by atoms with Crippen LogP contribution in [0.15, 0.2) is 24.3 Å². The SMILES string of the molecule is Cc1nc2c3ccccc3nn2c(C)c1CCC(=O)NC1(C(=O)O)CCCC1. The zero-order valence-electron chi connectivity index (χ0n) is 16.2. The van der Waals surface area contributed by atoms with E-state index in [-0.39, 0.29) is 12.3 Å². The van der Waals surface area contributed by atoms with Crippen molar-refractivity contribution in [2.45, 2.75) is 57.9 Å². The molecule has 2 heterocycles. The summed E-state index contributed by atoms with van der Waals surface area (Å²) in [7, 11) is 0. The van der Waals surface area contributed by atoms with E-state index in [0.29, 0.717) is 19.3 Å². The van der Waals surface area contributed by atoms with Crippen LogP contribution in [0.1, 0.15) is 49.1 Å². The van der Waals surface area contributed by atoms with Crippen molar-refractivity contribution in [1.29, 1.82) is 0 Å². The number of amides is 1. The van der Waals surface area contributed by atoms with E-state index in [0.717, 1.165) is 46.3 Å². The zero-order valence-corrected chi connectivity index (χ0v) is 16.2. The van der Waals surface area contributed by atoms with Gasteiger partial charge in [-0.1, -0.05) is 25.0 Å². The van der Waals surface area contributed by atoms with E-state index in [2.05, 4.69) is 10.4 Å². The predicted octanol–water partition coefficient (Wildman–Crippen LogP) is 2.95. The third kappa shape index (κ3) is 3.00. The van der Waals surface area contributed by atoms with Gasteiger partial charge in [0.15, 0.2) is 5.65 Å². The molecule has 2 N–H and O–H groups in total. The molecule has 28 heavy (non-hydrogen) atoms. The molecule has 7 heteroatoms. The van der Waals surface area contributed by atoms with Crippen molar-refractivity contribution >= 4 is 28.4 Å². The second kappa shape index (κ2) is 6.89. The number of carbonyl (C=O) groups is 2. The van der Waals surface area contributed by atoms with E-state index in [1.165, 1.54) is 0 Å². The first-order chi connectivity index (χ1) is 13.4. The molecule has 1 aliphatic carbocycles. The Balaban J connectivity index is 1.57. The Kier molecular flexibility index (Phi) is 4.53. The van der Waals surface area contributed by atoms with Crippen LogP contribution in [0.3, 0.4) is 0 Å². The minimum atomic E-state index is -1.09. The maximum absolute atomic E-state index is 12.5. The predicted molar refractivity (Wildman–Crippen MR) is 105 cm³/mol. The molecule has 2 aromatic heterocycles. The number of fused-ring (bicyclic) bond motifs is 3. The number of nitrogens with zero attached hydrogens (tertiary/aromatic N) is 3. The topological polar surface area (TPSA) is 96.6 Å². The molecule has 7 nitrogen and oxygen atoms in total. The Hall–Kier alpha value is -2.96. The first kappa shape index (κ1) is 18.4. The van der Waals surface area contributed by atoms with E-state index in [4.69, 9.17) is 4.98 Å². The fourth-order valence-electron chi connectivity index (χ4n) is 4.28. The molecule has 3 aromatic rings. The van der Waals surface area contributed by atoms with Gasteiger partial charge >= 0.3 is 5.97 Å². The highest BCUT2D eigenvalue weighted by molar-refractivity contribution is 5.92. The van der Waals surface area contributed by atoms with E-state index in [9.17, 15) is 14.7 Å². The Morgan fingerprint density at radius 3 is 2.64 bits per heavy atom. The van der Waals surface area contributed by atoms with Gasteiger partial charge in [-0.15, -0.1) is 0 Å². The normalized spacial score (nSPS) is 15.9. The number of rotatable bonds is 5. The number of aromatic nitrogens is 3. The van der Waals surface area contributed by atoms with E-state index in [1.54, 1.807) is 0 Å². The van der Waals surface area contributed by atoms with Gasteiger partial charge in [0.05, 0.1) is 5.52 Å². The fraction of sp³-hybridized carbons (Fsp3) is 0.429. The highest BCUT2D eigenvalue weighted by atomic mass is 16.4. The van der Waals surface area contributed by atoms with Crippen molar-refractivity contribution in [1.82, 2.24) is 19.9 Å². The van der Waals surface area contributed by atoms with E-state index >= 15 is 0 Å². The summed E-state index contributed by atoms with van der Waals surface area (Å²) in [5.74, 6) is -1.16. The van der Waals surface area contributed by atoms with Gasteiger partial charge in [0.2, 0.25) is 5.91 Å². The molecule has 1 saturated carbocycles. The molecule has 0 atom stereocenters. The van der Waals surface area contributed by atoms with Crippen molar-refractivity contribution in [2.24, 2.45) is 0 Å². The van der Waals surface area contributed by atoms with Gasteiger partial charge in [-0.25, -0.2) is 14.3 Å². The number of carboxylic acid groups (broad SMARTS) is 1. The number of aliphatic carboxylic acids is 1. The van der Waals surface area contributed by atoms with Crippen LogP contribution in [0.4, 0.5) is 0 Å². The van der Waals surface area contributed by atoms with Gasteiger partial charge in [0.1, 0.15) is 5.54 Å². The number of benzene rings is 1. The second-order valence-electron chi connectivity index (χ2n) is 7.66. The van der Waals surface area contributed by atoms with Crippen LogP contribution in [0.5, 0.6) is 0 Å². The molecule has 1 aliphatic rings. The zero-order chi connectivity index (χ0) is 19.9. The molecule has 4 rings (SSSR count).